The number of piperazine rings is 1. The second kappa shape index (κ2) is 12.1. The maximum Gasteiger partial charge on any atom is 0.303 e. The van der Waals surface area contributed by atoms with E-state index in [1.165, 1.54) is 5.56 Å². The molecule has 3 heterocycles. The molecule has 0 unspecified atom stereocenters. The number of hydrogen-bond acceptors (Lipinski definition) is 8. The Balaban J connectivity index is 1.34. The van der Waals surface area contributed by atoms with Gasteiger partial charge in [-0.15, -0.1) is 0 Å². The number of hydrogen-bond donors (Lipinski definition) is 4. The van der Waals surface area contributed by atoms with Crippen LogP contribution >= 0.6 is 0 Å². The highest BCUT2D eigenvalue weighted by molar-refractivity contribution is 5.66. The Labute approximate surface area is 199 Å². The predicted octanol–water partition coefficient (Wildman–Crippen LogP) is 3.35. The fourth-order valence-corrected chi connectivity index (χ4v) is 3.85. The molecule has 1 saturated heterocycles. The number of rotatable bonds is 11. The van der Waals surface area contributed by atoms with E-state index >= 15 is 0 Å². The summed E-state index contributed by atoms with van der Waals surface area (Å²) in [4.78, 5) is 26.5. The largest absolute Gasteiger partial charge is 0.481 e. The van der Waals surface area contributed by atoms with Gasteiger partial charge in [0.2, 0.25) is 5.95 Å². The molecular formula is C25H31N7O2. The van der Waals surface area contributed by atoms with E-state index in [9.17, 15) is 4.79 Å². The summed E-state index contributed by atoms with van der Waals surface area (Å²) in [5.74, 6) is 0.536. The van der Waals surface area contributed by atoms with Gasteiger partial charge >= 0.3 is 5.97 Å². The first kappa shape index (κ1) is 23.6. The summed E-state index contributed by atoms with van der Waals surface area (Å²) in [6.07, 6.45) is 5.14. The molecule has 1 fully saturated rings. The normalized spacial score (nSPS) is 14.0. The lowest BCUT2D eigenvalue weighted by molar-refractivity contribution is -0.137. The van der Waals surface area contributed by atoms with Gasteiger partial charge in [0.05, 0.1) is 5.69 Å². The second-order valence-corrected chi connectivity index (χ2v) is 8.33. The summed E-state index contributed by atoms with van der Waals surface area (Å²) < 4.78 is 0. The number of carbonyl (C=O) groups is 1. The van der Waals surface area contributed by atoms with E-state index in [0.29, 0.717) is 18.9 Å². The van der Waals surface area contributed by atoms with Crippen molar-refractivity contribution < 1.29 is 9.90 Å². The minimum Gasteiger partial charge on any atom is -0.481 e. The highest BCUT2D eigenvalue weighted by Gasteiger charge is 2.10. The lowest BCUT2D eigenvalue weighted by Gasteiger charge is -2.27. The summed E-state index contributed by atoms with van der Waals surface area (Å²) in [7, 11) is 0. The number of anilines is 3. The lowest BCUT2D eigenvalue weighted by atomic mass is 10.1. The van der Waals surface area contributed by atoms with Gasteiger partial charge in [0.15, 0.2) is 0 Å². The summed E-state index contributed by atoms with van der Waals surface area (Å²) in [5, 5.41) is 18.6. The Morgan fingerprint density at radius 1 is 1.09 bits per heavy atom. The van der Waals surface area contributed by atoms with Gasteiger partial charge < -0.3 is 21.1 Å². The van der Waals surface area contributed by atoms with Crippen LogP contribution in [0, 0.1) is 0 Å². The molecular weight excluding hydrogens is 430 g/mol. The molecule has 1 aliphatic heterocycles. The third kappa shape index (κ3) is 7.23. The number of aliphatic carboxylic acids is 1. The molecule has 9 nitrogen and oxygen atoms in total. The zero-order valence-electron chi connectivity index (χ0n) is 19.2. The maximum atomic E-state index is 10.6. The predicted molar refractivity (Wildman–Crippen MR) is 133 cm³/mol. The standard InChI is InChI=1S/C25H31N7O2/c33-24(34)6-1-2-10-27-23-8-7-20(17-29-23)22-9-11-28-25(31-22)30-21-5-3-4-19(16-21)18-32-14-12-26-13-15-32/h3-5,7-9,11,16-17,26H,1-2,6,10,12-15,18H2,(H,27,29)(H,33,34)(H,28,30,31). The van der Waals surface area contributed by atoms with Gasteiger partial charge in [-0.1, -0.05) is 12.1 Å². The number of pyridine rings is 1. The van der Waals surface area contributed by atoms with Crippen LogP contribution in [0.3, 0.4) is 0 Å². The fourth-order valence-electron chi connectivity index (χ4n) is 3.85. The van der Waals surface area contributed by atoms with Crippen molar-refractivity contribution in [1.82, 2.24) is 25.2 Å². The number of carboxylic acid groups (broad SMARTS) is 1. The van der Waals surface area contributed by atoms with E-state index in [-0.39, 0.29) is 6.42 Å². The number of aromatic nitrogens is 3. The molecule has 9 heteroatoms. The Hall–Kier alpha value is -3.56. The average Bonchev–Trinajstić information content (AvgIpc) is 2.85. The highest BCUT2D eigenvalue weighted by atomic mass is 16.4. The number of nitrogens with one attached hydrogen (secondary N) is 3. The molecule has 0 radical (unpaired) electrons. The van der Waals surface area contributed by atoms with Crippen LogP contribution in [-0.4, -0.2) is 63.7 Å². The Bertz CT molecular complexity index is 1070. The number of carboxylic acids is 1. The molecule has 0 amide bonds. The molecule has 4 rings (SSSR count). The number of nitrogens with zero attached hydrogens (tertiary/aromatic N) is 4. The van der Waals surface area contributed by atoms with Crippen molar-refractivity contribution in [3.8, 4) is 11.3 Å². The van der Waals surface area contributed by atoms with E-state index in [4.69, 9.17) is 5.11 Å². The Morgan fingerprint density at radius 2 is 1.97 bits per heavy atom. The zero-order valence-corrected chi connectivity index (χ0v) is 19.2. The molecule has 2 aromatic heterocycles. The molecule has 0 aliphatic carbocycles. The molecule has 0 spiro atoms. The monoisotopic (exact) mass is 461 g/mol. The van der Waals surface area contributed by atoms with Gasteiger partial charge in [0.1, 0.15) is 5.82 Å². The van der Waals surface area contributed by atoms with Gasteiger partial charge in [0, 0.05) is 69.3 Å². The molecule has 34 heavy (non-hydrogen) atoms. The van der Waals surface area contributed by atoms with Gasteiger partial charge in [0.25, 0.3) is 0 Å². The molecule has 1 aliphatic rings. The van der Waals surface area contributed by atoms with Crippen LogP contribution in [0.4, 0.5) is 17.5 Å². The first-order chi connectivity index (χ1) is 16.7. The quantitative estimate of drug-likeness (QED) is 0.319. The van der Waals surface area contributed by atoms with Crippen LogP contribution in [-0.2, 0) is 11.3 Å². The van der Waals surface area contributed by atoms with E-state index < -0.39 is 5.97 Å². The lowest BCUT2D eigenvalue weighted by Crippen LogP contribution is -2.42. The van der Waals surface area contributed by atoms with Crippen LogP contribution in [0.15, 0.2) is 54.9 Å². The van der Waals surface area contributed by atoms with Gasteiger partial charge in [-0.2, -0.15) is 0 Å². The molecule has 178 valence electrons. The first-order valence-corrected chi connectivity index (χ1v) is 11.7. The molecule has 0 saturated carbocycles. The van der Waals surface area contributed by atoms with E-state index in [2.05, 4.69) is 54.0 Å². The molecule has 1 aromatic carbocycles. The summed E-state index contributed by atoms with van der Waals surface area (Å²) in [6, 6.07) is 14.1. The molecule has 3 aromatic rings. The van der Waals surface area contributed by atoms with Crippen LogP contribution in [0.5, 0.6) is 0 Å². The highest BCUT2D eigenvalue weighted by Crippen LogP contribution is 2.21. The van der Waals surface area contributed by atoms with Crippen molar-refractivity contribution in [2.24, 2.45) is 0 Å². The Morgan fingerprint density at radius 3 is 2.76 bits per heavy atom. The first-order valence-electron chi connectivity index (χ1n) is 11.7. The molecule has 0 atom stereocenters. The number of benzene rings is 1. The minimum absolute atomic E-state index is 0.193. The molecule has 0 bridgehead atoms. The van der Waals surface area contributed by atoms with Crippen molar-refractivity contribution >= 4 is 23.4 Å². The van der Waals surface area contributed by atoms with E-state index in [1.54, 1.807) is 12.4 Å². The van der Waals surface area contributed by atoms with Crippen molar-refractivity contribution in [2.45, 2.75) is 25.8 Å². The van der Waals surface area contributed by atoms with Gasteiger partial charge in [-0.25, -0.2) is 15.0 Å². The van der Waals surface area contributed by atoms with Crippen molar-refractivity contribution in [3.05, 3.63) is 60.4 Å². The zero-order chi connectivity index (χ0) is 23.6. The van der Waals surface area contributed by atoms with Crippen LogP contribution < -0.4 is 16.0 Å². The summed E-state index contributed by atoms with van der Waals surface area (Å²) in [6.45, 7) is 5.83. The average molecular weight is 462 g/mol. The van der Waals surface area contributed by atoms with Crippen molar-refractivity contribution in [1.29, 1.82) is 0 Å². The van der Waals surface area contributed by atoms with Gasteiger partial charge in [-0.3, -0.25) is 9.69 Å². The minimum atomic E-state index is -0.760. The van der Waals surface area contributed by atoms with Crippen LogP contribution in [0.1, 0.15) is 24.8 Å². The summed E-state index contributed by atoms with van der Waals surface area (Å²) in [5.41, 5.74) is 3.91. The van der Waals surface area contributed by atoms with Crippen LogP contribution in [0.25, 0.3) is 11.3 Å². The molecule has 4 N–H and O–H groups in total. The maximum absolute atomic E-state index is 10.6. The SMILES string of the molecule is O=C(O)CCCCNc1ccc(-c2ccnc(Nc3cccc(CN4CCNCC4)c3)n2)cn1. The fraction of sp³-hybridized carbons (Fsp3) is 0.360. The smallest absolute Gasteiger partial charge is 0.303 e. The van der Waals surface area contributed by atoms with Gasteiger partial charge in [-0.05, 0) is 48.7 Å². The third-order valence-electron chi connectivity index (χ3n) is 5.64. The van der Waals surface area contributed by atoms with Crippen LogP contribution in [0.2, 0.25) is 0 Å². The van der Waals surface area contributed by atoms with E-state index in [1.807, 2.05) is 24.3 Å². The Kier molecular flexibility index (Phi) is 8.37. The third-order valence-corrected chi connectivity index (χ3v) is 5.64. The van der Waals surface area contributed by atoms with E-state index in [0.717, 1.165) is 61.9 Å². The van der Waals surface area contributed by atoms with Crippen molar-refractivity contribution in [3.63, 3.8) is 0 Å². The van der Waals surface area contributed by atoms with Crippen molar-refractivity contribution in [2.75, 3.05) is 43.4 Å². The number of unbranched alkanes of at least 4 members (excludes halogenated alkanes) is 1. The second-order valence-electron chi connectivity index (χ2n) is 8.33. The topological polar surface area (TPSA) is 115 Å². The summed E-state index contributed by atoms with van der Waals surface area (Å²) >= 11 is 0.